The number of hydrogen-bond donors (Lipinski definition) is 0. The van der Waals surface area contributed by atoms with Crippen molar-refractivity contribution in [2.24, 2.45) is 0 Å². The molecule has 0 bridgehead atoms. The van der Waals surface area contributed by atoms with E-state index >= 15 is 0 Å². The van der Waals surface area contributed by atoms with Gasteiger partial charge in [0.1, 0.15) is 13.2 Å². The Kier molecular flexibility index (Phi) is 61.9. The maximum absolute atomic E-state index is 12.9. The van der Waals surface area contributed by atoms with Crippen LogP contribution in [0.15, 0.2) is 146 Å². The lowest BCUT2D eigenvalue weighted by molar-refractivity contribution is -0.166. The third-order valence-electron chi connectivity index (χ3n) is 13.4. The van der Waals surface area contributed by atoms with Crippen molar-refractivity contribution in [2.75, 3.05) is 13.2 Å². The van der Waals surface area contributed by atoms with Crippen LogP contribution >= 0.6 is 0 Å². The van der Waals surface area contributed by atoms with E-state index in [-0.39, 0.29) is 38.0 Å². The van der Waals surface area contributed by atoms with Crippen molar-refractivity contribution >= 4 is 17.9 Å². The Labute approximate surface area is 487 Å². The maximum atomic E-state index is 12.9. The lowest BCUT2D eigenvalue weighted by Gasteiger charge is -2.18. The molecule has 0 aliphatic heterocycles. The minimum absolute atomic E-state index is 0.135. The number of esters is 3. The Morgan fingerprint density at radius 1 is 0.266 bits per heavy atom. The number of hydrogen-bond acceptors (Lipinski definition) is 6. The van der Waals surface area contributed by atoms with Crippen molar-refractivity contribution in [1.29, 1.82) is 0 Å². The van der Waals surface area contributed by atoms with Gasteiger partial charge in [0.25, 0.3) is 0 Å². The fraction of sp³-hybridized carbons (Fsp3) is 0.630. The van der Waals surface area contributed by atoms with E-state index in [1.165, 1.54) is 128 Å². The molecule has 0 spiro atoms. The molecule has 0 saturated heterocycles. The van der Waals surface area contributed by atoms with E-state index in [1.807, 2.05) is 24.3 Å². The highest BCUT2D eigenvalue weighted by molar-refractivity contribution is 5.71. The molecule has 1 atom stereocenters. The molecule has 6 heteroatoms. The van der Waals surface area contributed by atoms with E-state index in [1.54, 1.807) is 0 Å². The summed E-state index contributed by atoms with van der Waals surface area (Å²) in [4.78, 5) is 38.3. The first-order chi connectivity index (χ1) is 39.0. The molecule has 0 radical (unpaired) electrons. The van der Waals surface area contributed by atoms with Gasteiger partial charge in [-0.15, -0.1) is 0 Å². The van der Waals surface area contributed by atoms with Gasteiger partial charge in [-0.2, -0.15) is 0 Å². The Morgan fingerprint density at radius 2 is 0.494 bits per heavy atom. The topological polar surface area (TPSA) is 78.9 Å². The summed E-state index contributed by atoms with van der Waals surface area (Å²) in [5.74, 6) is -1.11. The van der Waals surface area contributed by atoms with E-state index in [9.17, 15) is 14.4 Å². The number of carbonyl (C=O) groups excluding carboxylic acids is 3. The van der Waals surface area contributed by atoms with Gasteiger partial charge >= 0.3 is 17.9 Å². The Hall–Kier alpha value is -4.71. The molecule has 0 aromatic carbocycles. The molecule has 0 rings (SSSR count). The van der Waals surface area contributed by atoms with Crippen LogP contribution in [0, 0.1) is 0 Å². The van der Waals surface area contributed by atoms with Crippen molar-refractivity contribution in [3.8, 4) is 0 Å². The molecule has 0 heterocycles. The molecule has 0 N–H and O–H groups in total. The zero-order valence-electron chi connectivity index (χ0n) is 51.1. The van der Waals surface area contributed by atoms with Gasteiger partial charge in [0.15, 0.2) is 6.10 Å². The molecule has 0 aromatic rings. The Balaban J connectivity index is 4.55. The van der Waals surface area contributed by atoms with Crippen molar-refractivity contribution in [2.45, 2.75) is 284 Å². The lowest BCUT2D eigenvalue weighted by Crippen LogP contribution is -2.30. The highest BCUT2D eigenvalue weighted by atomic mass is 16.6. The quantitative estimate of drug-likeness (QED) is 0.0261. The molecule has 446 valence electrons. The van der Waals surface area contributed by atoms with Crippen molar-refractivity contribution in [3.05, 3.63) is 146 Å². The smallest absolute Gasteiger partial charge is 0.306 e. The summed E-state index contributed by atoms with van der Waals surface area (Å²) in [7, 11) is 0. The first-order valence-corrected chi connectivity index (χ1v) is 32.3. The summed E-state index contributed by atoms with van der Waals surface area (Å²) >= 11 is 0. The predicted octanol–water partition coefficient (Wildman–Crippen LogP) is 22.3. The van der Waals surface area contributed by atoms with Gasteiger partial charge in [-0.1, -0.05) is 308 Å². The average molecular weight is 1090 g/mol. The van der Waals surface area contributed by atoms with Gasteiger partial charge in [0, 0.05) is 19.3 Å². The Bertz CT molecular complexity index is 1730. The van der Waals surface area contributed by atoms with E-state index in [0.29, 0.717) is 19.3 Å². The SMILES string of the molecule is CC/C=C\C/C=C\C/C=C\C/C=C\C/C=C\C/C=C\CCC(=O)OCC(COC(=O)CCCCCCCCCCCCCCCCCCCCCCCCC)OC(=O)CC/C=C\C/C=C\C/C=C\C/C=C\C/C=C\C/C=C\CC. The molecular weight excluding hydrogens is 973 g/mol. The van der Waals surface area contributed by atoms with Crippen LogP contribution in [-0.4, -0.2) is 37.2 Å². The van der Waals surface area contributed by atoms with Crippen LogP contribution in [0.2, 0.25) is 0 Å². The monoisotopic (exact) mass is 1090 g/mol. The van der Waals surface area contributed by atoms with Crippen molar-refractivity contribution < 1.29 is 28.6 Å². The molecule has 0 saturated carbocycles. The van der Waals surface area contributed by atoms with Crippen LogP contribution in [0.3, 0.4) is 0 Å². The lowest BCUT2D eigenvalue weighted by atomic mass is 10.0. The van der Waals surface area contributed by atoms with Gasteiger partial charge in [-0.05, 0) is 96.3 Å². The molecule has 0 amide bonds. The second kappa shape index (κ2) is 65.8. The number of unbranched alkanes of at least 4 members (excludes halogenated alkanes) is 22. The Morgan fingerprint density at radius 3 is 0.772 bits per heavy atom. The molecule has 1 unspecified atom stereocenters. The third kappa shape index (κ3) is 64.0. The average Bonchev–Trinajstić information content (AvgIpc) is 3.45. The molecule has 0 aliphatic rings. The van der Waals surface area contributed by atoms with Gasteiger partial charge in [-0.3, -0.25) is 14.4 Å². The summed E-state index contributed by atoms with van der Waals surface area (Å²) in [6.45, 7) is 6.30. The molecular formula is C73H118O6. The van der Waals surface area contributed by atoms with Crippen LogP contribution < -0.4 is 0 Å². The highest BCUT2D eigenvalue weighted by Crippen LogP contribution is 2.16. The van der Waals surface area contributed by atoms with Crippen LogP contribution in [0.5, 0.6) is 0 Å². The van der Waals surface area contributed by atoms with Gasteiger partial charge < -0.3 is 14.2 Å². The summed E-state index contributed by atoms with van der Waals surface area (Å²) in [5, 5.41) is 0. The van der Waals surface area contributed by atoms with E-state index in [2.05, 4.69) is 142 Å². The fourth-order valence-electron chi connectivity index (χ4n) is 8.61. The third-order valence-corrected chi connectivity index (χ3v) is 13.4. The number of carbonyl (C=O) groups is 3. The molecule has 0 aliphatic carbocycles. The normalized spacial score (nSPS) is 13.1. The van der Waals surface area contributed by atoms with Crippen LogP contribution in [0.4, 0.5) is 0 Å². The summed E-state index contributed by atoms with van der Waals surface area (Å²) < 4.78 is 16.8. The van der Waals surface area contributed by atoms with Crippen molar-refractivity contribution in [3.63, 3.8) is 0 Å². The molecule has 79 heavy (non-hydrogen) atoms. The van der Waals surface area contributed by atoms with Crippen molar-refractivity contribution in [1.82, 2.24) is 0 Å². The van der Waals surface area contributed by atoms with E-state index < -0.39 is 12.1 Å². The summed E-state index contributed by atoms with van der Waals surface area (Å²) in [6.07, 6.45) is 94.6. The zero-order chi connectivity index (χ0) is 57.1. The largest absolute Gasteiger partial charge is 0.462 e. The van der Waals surface area contributed by atoms with E-state index in [0.717, 1.165) is 96.3 Å². The maximum Gasteiger partial charge on any atom is 0.306 e. The molecule has 0 aromatic heterocycles. The van der Waals surface area contributed by atoms with Crippen LogP contribution in [0.25, 0.3) is 0 Å². The second-order valence-electron chi connectivity index (χ2n) is 20.9. The standard InChI is InChI=1S/C73H118O6/c1-4-7-10-13-16-19-22-25-28-31-34-35-36-37-40-42-45-48-51-54-57-60-63-66-72(75)78-69-70(79-73(76)67-64-61-58-55-52-49-46-43-39-33-30-27-24-21-18-15-12-9-6-3)68-77-71(74)65-62-59-56-53-50-47-44-41-38-32-29-26-23-20-17-14-11-8-5-2/h8-9,11-12,17-18,20-21,26-27,29-30,38-39,41,43,47,49-50,52,56,58-59,61,70H,4-7,10,13-16,19,22-25,28,31-37,40,42,44-46,48,51,53-55,57,60,62-69H2,1-3H3/b11-8-,12-9-,20-17-,21-18-,29-26-,30-27-,41-38-,43-39-,50-47-,52-49-,59-56-,61-58-. The minimum atomic E-state index is -0.856. The number of allylic oxidation sites excluding steroid dienone is 24. The molecule has 6 nitrogen and oxygen atoms in total. The predicted molar refractivity (Wildman–Crippen MR) is 343 cm³/mol. The first kappa shape index (κ1) is 74.3. The summed E-state index contributed by atoms with van der Waals surface area (Å²) in [6, 6.07) is 0. The van der Waals surface area contributed by atoms with Gasteiger partial charge in [0.2, 0.25) is 0 Å². The van der Waals surface area contributed by atoms with Crippen LogP contribution in [-0.2, 0) is 28.6 Å². The van der Waals surface area contributed by atoms with Gasteiger partial charge in [0.05, 0.1) is 0 Å². The molecule has 0 fully saturated rings. The fourth-order valence-corrected chi connectivity index (χ4v) is 8.61. The van der Waals surface area contributed by atoms with E-state index in [4.69, 9.17) is 14.2 Å². The second-order valence-corrected chi connectivity index (χ2v) is 20.9. The number of rotatable bonds is 57. The van der Waals surface area contributed by atoms with Crippen LogP contribution in [0.1, 0.15) is 278 Å². The number of ether oxygens (including phenoxy) is 3. The minimum Gasteiger partial charge on any atom is -0.462 e. The van der Waals surface area contributed by atoms with Gasteiger partial charge in [-0.25, -0.2) is 0 Å². The first-order valence-electron chi connectivity index (χ1n) is 32.3. The highest BCUT2D eigenvalue weighted by Gasteiger charge is 2.19. The zero-order valence-corrected chi connectivity index (χ0v) is 51.1. The summed E-state index contributed by atoms with van der Waals surface area (Å²) in [5.41, 5.74) is 0.